The highest BCUT2D eigenvalue weighted by molar-refractivity contribution is 9.10. The molecule has 0 unspecified atom stereocenters. The standard InChI is InChI=1S/C15H16BrN3S/c1-11-18-14-4-2-3-5-15(14)19(11)7-6-17-9-13-8-12(16)10-20-13/h2-5,8,10,17H,6-7,9H2,1H3. The number of fused-ring (bicyclic) bond motifs is 1. The maximum absolute atomic E-state index is 4.58. The van der Waals surface area contributed by atoms with E-state index in [4.69, 9.17) is 0 Å². The number of aryl methyl sites for hydroxylation is 1. The van der Waals surface area contributed by atoms with Crippen LogP contribution in [0.2, 0.25) is 0 Å². The lowest BCUT2D eigenvalue weighted by Crippen LogP contribution is -2.19. The molecule has 2 aromatic heterocycles. The monoisotopic (exact) mass is 349 g/mol. The minimum Gasteiger partial charge on any atom is -0.327 e. The molecule has 2 heterocycles. The Hall–Kier alpha value is -1.17. The molecular formula is C15H16BrN3S. The Balaban J connectivity index is 1.61. The Labute approximate surface area is 130 Å². The zero-order valence-corrected chi connectivity index (χ0v) is 13.7. The maximum Gasteiger partial charge on any atom is 0.106 e. The second-order valence-corrected chi connectivity index (χ2v) is 6.62. The summed E-state index contributed by atoms with van der Waals surface area (Å²) in [5.74, 6) is 1.08. The average molecular weight is 350 g/mol. The molecule has 0 aliphatic heterocycles. The molecule has 1 aromatic carbocycles. The van der Waals surface area contributed by atoms with Gasteiger partial charge in [-0.3, -0.25) is 0 Å². The SMILES string of the molecule is Cc1nc2ccccc2n1CCNCc1cc(Br)cs1. The fourth-order valence-electron chi connectivity index (χ4n) is 2.33. The van der Waals surface area contributed by atoms with Crippen LogP contribution in [0.15, 0.2) is 40.2 Å². The van der Waals surface area contributed by atoms with Crippen molar-refractivity contribution in [2.24, 2.45) is 0 Å². The van der Waals surface area contributed by atoms with Crippen molar-refractivity contribution < 1.29 is 0 Å². The van der Waals surface area contributed by atoms with E-state index in [0.29, 0.717) is 0 Å². The Morgan fingerprint density at radius 3 is 3.00 bits per heavy atom. The minimum absolute atomic E-state index is 0.919. The second kappa shape index (κ2) is 6.08. The van der Waals surface area contributed by atoms with E-state index in [-0.39, 0.29) is 0 Å². The van der Waals surface area contributed by atoms with Crippen LogP contribution in [0, 0.1) is 6.92 Å². The van der Waals surface area contributed by atoms with Crippen LogP contribution in [-0.4, -0.2) is 16.1 Å². The lowest BCUT2D eigenvalue weighted by atomic mass is 10.3. The van der Waals surface area contributed by atoms with Gasteiger partial charge in [-0.2, -0.15) is 0 Å². The first-order valence-electron chi connectivity index (χ1n) is 6.59. The van der Waals surface area contributed by atoms with E-state index in [9.17, 15) is 0 Å². The molecule has 0 amide bonds. The lowest BCUT2D eigenvalue weighted by Gasteiger charge is -2.07. The zero-order valence-electron chi connectivity index (χ0n) is 11.3. The number of nitrogens with zero attached hydrogens (tertiary/aromatic N) is 2. The van der Waals surface area contributed by atoms with E-state index in [1.165, 1.54) is 10.4 Å². The zero-order chi connectivity index (χ0) is 13.9. The molecule has 0 saturated carbocycles. The van der Waals surface area contributed by atoms with Crippen molar-refractivity contribution in [1.29, 1.82) is 0 Å². The van der Waals surface area contributed by atoms with Gasteiger partial charge in [-0.15, -0.1) is 11.3 Å². The van der Waals surface area contributed by atoms with Gasteiger partial charge in [-0.05, 0) is 41.1 Å². The predicted octanol–water partition coefficient (Wildman–Crippen LogP) is 3.96. The van der Waals surface area contributed by atoms with Crippen molar-refractivity contribution in [3.05, 3.63) is 50.9 Å². The fourth-order valence-corrected chi connectivity index (χ4v) is 3.75. The van der Waals surface area contributed by atoms with E-state index >= 15 is 0 Å². The molecule has 0 fully saturated rings. The highest BCUT2D eigenvalue weighted by Gasteiger charge is 2.05. The van der Waals surface area contributed by atoms with Crippen molar-refractivity contribution in [1.82, 2.24) is 14.9 Å². The smallest absolute Gasteiger partial charge is 0.106 e. The molecule has 3 nitrogen and oxygen atoms in total. The first-order chi connectivity index (χ1) is 9.74. The van der Waals surface area contributed by atoms with Gasteiger partial charge >= 0.3 is 0 Å². The third kappa shape index (κ3) is 2.95. The lowest BCUT2D eigenvalue weighted by molar-refractivity contribution is 0.600. The highest BCUT2D eigenvalue weighted by Crippen LogP contribution is 2.19. The summed E-state index contributed by atoms with van der Waals surface area (Å²) in [6, 6.07) is 10.5. The molecular weight excluding hydrogens is 334 g/mol. The van der Waals surface area contributed by atoms with E-state index in [1.807, 2.05) is 6.07 Å². The van der Waals surface area contributed by atoms with Crippen molar-refractivity contribution in [3.8, 4) is 0 Å². The number of benzene rings is 1. The summed E-state index contributed by atoms with van der Waals surface area (Å²) in [6.07, 6.45) is 0. The van der Waals surface area contributed by atoms with Crippen LogP contribution in [0.1, 0.15) is 10.7 Å². The topological polar surface area (TPSA) is 29.9 Å². The fraction of sp³-hybridized carbons (Fsp3) is 0.267. The molecule has 20 heavy (non-hydrogen) atoms. The number of aromatic nitrogens is 2. The summed E-state index contributed by atoms with van der Waals surface area (Å²) in [7, 11) is 0. The van der Waals surface area contributed by atoms with Crippen LogP contribution in [0.25, 0.3) is 11.0 Å². The van der Waals surface area contributed by atoms with Gasteiger partial charge in [0.15, 0.2) is 0 Å². The van der Waals surface area contributed by atoms with Crippen molar-refractivity contribution in [3.63, 3.8) is 0 Å². The largest absolute Gasteiger partial charge is 0.327 e. The number of rotatable bonds is 5. The number of hydrogen-bond donors (Lipinski definition) is 1. The van der Waals surface area contributed by atoms with Crippen LogP contribution in [-0.2, 0) is 13.1 Å². The molecule has 3 aromatic rings. The summed E-state index contributed by atoms with van der Waals surface area (Å²) in [5, 5.41) is 5.60. The van der Waals surface area contributed by atoms with Crippen LogP contribution < -0.4 is 5.32 Å². The molecule has 1 N–H and O–H groups in total. The molecule has 0 aliphatic rings. The van der Waals surface area contributed by atoms with Crippen molar-refractivity contribution in [2.75, 3.05) is 6.54 Å². The number of imidazole rings is 1. The quantitative estimate of drug-likeness (QED) is 0.706. The number of thiophene rings is 1. The molecule has 0 radical (unpaired) electrons. The first-order valence-corrected chi connectivity index (χ1v) is 8.27. The van der Waals surface area contributed by atoms with Gasteiger partial charge < -0.3 is 9.88 Å². The molecule has 0 atom stereocenters. The predicted molar refractivity (Wildman–Crippen MR) is 88.2 cm³/mol. The molecule has 0 aliphatic carbocycles. The maximum atomic E-state index is 4.58. The second-order valence-electron chi connectivity index (χ2n) is 4.71. The summed E-state index contributed by atoms with van der Waals surface area (Å²) >= 11 is 5.25. The van der Waals surface area contributed by atoms with Crippen LogP contribution >= 0.6 is 27.3 Å². The van der Waals surface area contributed by atoms with E-state index in [2.05, 4.69) is 67.4 Å². The van der Waals surface area contributed by atoms with Crippen molar-refractivity contribution >= 4 is 38.3 Å². The first kappa shape index (κ1) is 13.8. The Morgan fingerprint density at radius 2 is 2.20 bits per heavy atom. The molecule has 5 heteroatoms. The van der Waals surface area contributed by atoms with Crippen LogP contribution in [0.3, 0.4) is 0 Å². The van der Waals surface area contributed by atoms with Crippen molar-refractivity contribution in [2.45, 2.75) is 20.0 Å². The minimum atomic E-state index is 0.919. The van der Waals surface area contributed by atoms with E-state index in [1.54, 1.807) is 11.3 Å². The Kier molecular flexibility index (Phi) is 4.19. The Morgan fingerprint density at radius 1 is 1.35 bits per heavy atom. The average Bonchev–Trinajstić information content (AvgIpc) is 2.98. The summed E-state index contributed by atoms with van der Waals surface area (Å²) in [5.41, 5.74) is 2.29. The summed E-state index contributed by atoms with van der Waals surface area (Å²) < 4.78 is 3.43. The van der Waals surface area contributed by atoms with E-state index in [0.717, 1.165) is 35.4 Å². The summed E-state index contributed by atoms with van der Waals surface area (Å²) in [6.45, 7) is 4.87. The number of halogens is 1. The Bertz CT molecular complexity index is 717. The van der Waals surface area contributed by atoms with Gasteiger partial charge in [0.25, 0.3) is 0 Å². The number of para-hydroxylation sites is 2. The number of hydrogen-bond acceptors (Lipinski definition) is 3. The number of nitrogens with one attached hydrogen (secondary N) is 1. The highest BCUT2D eigenvalue weighted by atomic mass is 79.9. The van der Waals surface area contributed by atoms with E-state index < -0.39 is 0 Å². The molecule has 104 valence electrons. The van der Waals surface area contributed by atoms with Gasteiger partial charge in [0.1, 0.15) is 5.82 Å². The van der Waals surface area contributed by atoms with Gasteiger partial charge in [-0.1, -0.05) is 12.1 Å². The molecule has 0 bridgehead atoms. The third-order valence-electron chi connectivity index (χ3n) is 3.28. The summed E-state index contributed by atoms with van der Waals surface area (Å²) in [4.78, 5) is 5.94. The van der Waals surface area contributed by atoms with Gasteiger partial charge in [-0.25, -0.2) is 4.98 Å². The molecule has 0 saturated heterocycles. The molecule has 0 spiro atoms. The van der Waals surface area contributed by atoms with Crippen LogP contribution in [0.4, 0.5) is 0 Å². The van der Waals surface area contributed by atoms with Crippen LogP contribution in [0.5, 0.6) is 0 Å². The third-order valence-corrected chi connectivity index (χ3v) is 4.98. The molecule has 3 rings (SSSR count). The van der Waals surface area contributed by atoms with Gasteiger partial charge in [0, 0.05) is 34.4 Å². The normalized spacial score (nSPS) is 11.3. The van der Waals surface area contributed by atoms with Gasteiger partial charge in [0.05, 0.1) is 11.0 Å². The van der Waals surface area contributed by atoms with Gasteiger partial charge in [0.2, 0.25) is 0 Å².